The highest BCUT2D eigenvalue weighted by Gasteiger charge is 2.09. The minimum atomic E-state index is -0.0657. The molecule has 1 atom stereocenters. The van der Waals surface area contributed by atoms with Crippen LogP contribution in [0.5, 0.6) is 0 Å². The first-order valence-corrected chi connectivity index (χ1v) is 5.56. The van der Waals surface area contributed by atoms with E-state index in [1.807, 2.05) is 18.4 Å². The summed E-state index contributed by atoms with van der Waals surface area (Å²) in [5.74, 6) is 0.723. The molecule has 0 aliphatic heterocycles. The molecule has 0 saturated heterocycles. The van der Waals surface area contributed by atoms with Crippen molar-refractivity contribution < 1.29 is 4.79 Å². The summed E-state index contributed by atoms with van der Waals surface area (Å²) in [6, 6.07) is -0.0657. The average Bonchev–Trinajstić information content (AvgIpc) is 2.73. The van der Waals surface area contributed by atoms with Gasteiger partial charge in [-0.3, -0.25) is 4.79 Å². The third-order valence-electron chi connectivity index (χ3n) is 2.45. The Morgan fingerprint density at radius 1 is 1.62 bits per heavy atom. The standard InChI is InChI=1S/C10H19N5O/c1-3-8(11)5-10(16)12-6-9-14-13-7-15(9)4-2/h7-8H,3-6,11H2,1-2H3,(H,12,16). The van der Waals surface area contributed by atoms with E-state index < -0.39 is 0 Å². The molecule has 1 aromatic heterocycles. The summed E-state index contributed by atoms with van der Waals surface area (Å²) >= 11 is 0. The van der Waals surface area contributed by atoms with Crippen LogP contribution in [0.4, 0.5) is 0 Å². The van der Waals surface area contributed by atoms with E-state index in [1.165, 1.54) is 0 Å². The van der Waals surface area contributed by atoms with Gasteiger partial charge < -0.3 is 15.6 Å². The molecule has 16 heavy (non-hydrogen) atoms. The lowest BCUT2D eigenvalue weighted by molar-refractivity contribution is -0.121. The maximum absolute atomic E-state index is 11.5. The number of hydrogen-bond acceptors (Lipinski definition) is 4. The molecule has 1 heterocycles. The number of nitrogens with zero attached hydrogens (tertiary/aromatic N) is 3. The summed E-state index contributed by atoms with van der Waals surface area (Å²) in [6.07, 6.45) is 2.81. The highest BCUT2D eigenvalue weighted by Crippen LogP contribution is 1.96. The van der Waals surface area contributed by atoms with Crippen LogP contribution < -0.4 is 11.1 Å². The quantitative estimate of drug-likeness (QED) is 0.716. The van der Waals surface area contributed by atoms with Crippen molar-refractivity contribution in [1.29, 1.82) is 0 Å². The second-order valence-corrected chi connectivity index (χ2v) is 3.68. The molecule has 3 N–H and O–H groups in total. The topological polar surface area (TPSA) is 85.8 Å². The van der Waals surface area contributed by atoms with Crippen molar-refractivity contribution in [1.82, 2.24) is 20.1 Å². The lowest BCUT2D eigenvalue weighted by atomic mass is 10.1. The number of aromatic nitrogens is 3. The number of aryl methyl sites for hydroxylation is 1. The number of nitrogens with two attached hydrogens (primary N) is 1. The fourth-order valence-electron chi connectivity index (χ4n) is 1.31. The summed E-state index contributed by atoms with van der Waals surface area (Å²) in [4.78, 5) is 11.5. The zero-order valence-electron chi connectivity index (χ0n) is 9.81. The number of carbonyl (C=O) groups excluding carboxylic acids is 1. The number of rotatable bonds is 6. The Labute approximate surface area is 95.2 Å². The fourth-order valence-corrected chi connectivity index (χ4v) is 1.31. The van der Waals surface area contributed by atoms with Gasteiger partial charge in [0.1, 0.15) is 6.33 Å². The van der Waals surface area contributed by atoms with Gasteiger partial charge in [0.05, 0.1) is 6.54 Å². The Morgan fingerprint density at radius 3 is 3.00 bits per heavy atom. The highest BCUT2D eigenvalue weighted by atomic mass is 16.1. The van der Waals surface area contributed by atoms with Crippen molar-refractivity contribution in [3.8, 4) is 0 Å². The molecular formula is C10H19N5O. The van der Waals surface area contributed by atoms with Crippen LogP contribution in [-0.4, -0.2) is 26.7 Å². The molecule has 0 fully saturated rings. The molecular weight excluding hydrogens is 206 g/mol. The highest BCUT2D eigenvalue weighted by molar-refractivity contribution is 5.76. The molecule has 1 rings (SSSR count). The third-order valence-corrected chi connectivity index (χ3v) is 2.45. The van der Waals surface area contributed by atoms with Gasteiger partial charge in [0.15, 0.2) is 5.82 Å². The number of amides is 1. The summed E-state index contributed by atoms with van der Waals surface area (Å²) in [5.41, 5.74) is 5.68. The number of nitrogens with one attached hydrogen (secondary N) is 1. The van der Waals surface area contributed by atoms with Crippen LogP contribution in [-0.2, 0) is 17.9 Å². The van der Waals surface area contributed by atoms with Gasteiger partial charge in [0.2, 0.25) is 5.91 Å². The van der Waals surface area contributed by atoms with Gasteiger partial charge in [-0.25, -0.2) is 0 Å². The Morgan fingerprint density at radius 2 is 2.38 bits per heavy atom. The molecule has 0 aromatic carbocycles. The Hall–Kier alpha value is -1.43. The molecule has 0 radical (unpaired) electrons. The summed E-state index contributed by atoms with van der Waals surface area (Å²) in [7, 11) is 0. The van der Waals surface area contributed by atoms with Crippen LogP contribution in [0.25, 0.3) is 0 Å². The van der Waals surface area contributed by atoms with E-state index in [0.717, 1.165) is 18.8 Å². The van der Waals surface area contributed by atoms with Crippen LogP contribution in [0.3, 0.4) is 0 Å². The Balaban J connectivity index is 2.37. The van der Waals surface area contributed by atoms with Crippen LogP contribution in [0, 0.1) is 0 Å². The molecule has 0 spiro atoms. The smallest absolute Gasteiger partial charge is 0.221 e. The van der Waals surface area contributed by atoms with E-state index in [9.17, 15) is 4.79 Å². The van der Waals surface area contributed by atoms with E-state index >= 15 is 0 Å². The molecule has 0 aliphatic rings. The van der Waals surface area contributed by atoms with Gasteiger partial charge in [-0.05, 0) is 13.3 Å². The molecule has 6 heteroatoms. The van der Waals surface area contributed by atoms with Crippen molar-refractivity contribution >= 4 is 5.91 Å². The lowest BCUT2D eigenvalue weighted by Gasteiger charge is -2.09. The predicted molar refractivity (Wildman–Crippen MR) is 60.4 cm³/mol. The van der Waals surface area contributed by atoms with Gasteiger partial charge in [0.25, 0.3) is 0 Å². The van der Waals surface area contributed by atoms with Gasteiger partial charge in [-0.2, -0.15) is 0 Å². The second-order valence-electron chi connectivity index (χ2n) is 3.68. The fraction of sp³-hybridized carbons (Fsp3) is 0.700. The first-order valence-electron chi connectivity index (χ1n) is 5.56. The van der Waals surface area contributed by atoms with Gasteiger partial charge in [0, 0.05) is 19.0 Å². The molecule has 0 bridgehead atoms. The van der Waals surface area contributed by atoms with Crippen molar-refractivity contribution in [2.24, 2.45) is 5.73 Å². The molecule has 1 amide bonds. The second kappa shape index (κ2) is 6.22. The largest absolute Gasteiger partial charge is 0.349 e. The Bertz CT molecular complexity index is 336. The van der Waals surface area contributed by atoms with Crippen LogP contribution in [0.1, 0.15) is 32.5 Å². The van der Waals surface area contributed by atoms with Crippen molar-refractivity contribution in [2.75, 3.05) is 0 Å². The first kappa shape index (κ1) is 12.6. The van der Waals surface area contributed by atoms with Gasteiger partial charge in [-0.15, -0.1) is 10.2 Å². The molecule has 90 valence electrons. The van der Waals surface area contributed by atoms with E-state index in [-0.39, 0.29) is 11.9 Å². The SMILES string of the molecule is CCC(N)CC(=O)NCc1nncn1CC. The van der Waals surface area contributed by atoms with Crippen molar-refractivity contribution in [3.05, 3.63) is 12.2 Å². The minimum Gasteiger partial charge on any atom is -0.349 e. The summed E-state index contributed by atoms with van der Waals surface area (Å²) < 4.78 is 1.89. The van der Waals surface area contributed by atoms with E-state index in [1.54, 1.807) is 6.33 Å². The minimum absolute atomic E-state index is 0.0417. The molecule has 1 aromatic rings. The van der Waals surface area contributed by atoms with E-state index in [4.69, 9.17) is 5.73 Å². The maximum atomic E-state index is 11.5. The zero-order valence-corrected chi connectivity index (χ0v) is 9.81. The van der Waals surface area contributed by atoms with E-state index in [2.05, 4.69) is 15.5 Å². The maximum Gasteiger partial charge on any atom is 0.221 e. The molecule has 0 saturated carbocycles. The van der Waals surface area contributed by atoms with Crippen LogP contribution >= 0.6 is 0 Å². The third kappa shape index (κ3) is 3.62. The van der Waals surface area contributed by atoms with Crippen LogP contribution in [0.15, 0.2) is 6.33 Å². The monoisotopic (exact) mass is 225 g/mol. The molecule has 0 aliphatic carbocycles. The van der Waals surface area contributed by atoms with Crippen LogP contribution in [0.2, 0.25) is 0 Å². The molecule has 6 nitrogen and oxygen atoms in total. The Kier molecular flexibility index (Phi) is 4.91. The zero-order chi connectivity index (χ0) is 12.0. The van der Waals surface area contributed by atoms with Crippen molar-refractivity contribution in [3.63, 3.8) is 0 Å². The van der Waals surface area contributed by atoms with Gasteiger partial charge in [-0.1, -0.05) is 6.92 Å². The van der Waals surface area contributed by atoms with Gasteiger partial charge >= 0.3 is 0 Å². The average molecular weight is 225 g/mol. The van der Waals surface area contributed by atoms with Crippen molar-refractivity contribution in [2.45, 2.75) is 45.8 Å². The summed E-state index contributed by atoms with van der Waals surface area (Å²) in [6.45, 7) is 5.17. The predicted octanol–water partition coefficient (Wildman–Crippen LogP) is 0.0416. The summed E-state index contributed by atoms with van der Waals surface area (Å²) in [5, 5.41) is 10.5. The normalized spacial score (nSPS) is 12.4. The number of hydrogen-bond donors (Lipinski definition) is 2. The lowest BCUT2D eigenvalue weighted by Crippen LogP contribution is -2.31. The number of carbonyl (C=O) groups is 1. The first-order chi connectivity index (χ1) is 7.67. The van der Waals surface area contributed by atoms with E-state index in [0.29, 0.717) is 13.0 Å². The molecule has 1 unspecified atom stereocenters.